The summed E-state index contributed by atoms with van der Waals surface area (Å²) >= 11 is 0. The molecule has 1 fully saturated rings. The Bertz CT molecular complexity index is 788. The summed E-state index contributed by atoms with van der Waals surface area (Å²) in [6.07, 6.45) is 5.96. The summed E-state index contributed by atoms with van der Waals surface area (Å²) in [6, 6.07) is 4.69. The highest BCUT2D eigenvalue weighted by atomic mass is 16.3. The molecule has 1 saturated carbocycles. The van der Waals surface area contributed by atoms with Gasteiger partial charge in [-0.25, -0.2) is 9.36 Å². The SMILES string of the molecule is CCc1cccc2c1c(C(=O)NC1CCCCC1)c(O)n2C(N)=O. The number of aromatic hydroxyl groups is 1. The topological polar surface area (TPSA) is 97.3 Å². The molecule has 0 spiro atoms. The minimum atomic E-state index is -0.803. The number of aromatic nitrogens is 1. The molecule has 2 aromatic rings. The summed E-state index contributed by atoms with van der Waals surface area (Å²) in [5.41, 5.74) is 6.91. The Hall–Kier alpha value is -2.50. The Morgan fingerprint density at radius 2 is 2.00 bits per heavy atom. The van der Waals surface area contributed by atoms with Crippen LogP contribution < -0.4 is 11.1 Å². The molecule has 6 heteroatoms. The molecule has 0 saturated heterocycles. The van der Waals surface area contributed by atoms with Gasteiger partial charge in [0.2, 0.25) is 5.88 Å². The largest absolute Gasteiger partial charge is 0.494 e. The van der Waals surface area contributed by atoms with Crippen LogP contribution in [0.2, 0.25) is 0 Å². The Balaban J connectivity index is 2.10. The van der Waals surface area contributed by atoms with Gasteiger partial charge < -0.3 is 16.2 Å². The second-order valence-corrected chi connectivity index (χ2v) is 6.35. The fourth-order valence-electron chi connectivity index (χ4n) is 3.64. The van der Waals surface area contributed by atoms with Crippen molar-refractivity contribution in [1.82, 2.24) is 9.88 Å². The molecule has 0 radical (unpaired) electrons. The van der Waals surface area contributed by atoms with Crippen LogP contribution in [0.25, 0.3) is 10.9 Å². The van der Waals surface area contributed by atoms with Crippen molar-refractivity contribution in [3.8, 4) is 5.88 Å². The van der Waals surface area contributed by atoms with Crippen molar-refractivity contribution in [3.63, 3.8) is 0 Å². The molecule has 4 N–H and O–H groups in total. The van der Waals surface area contributed by atoms with E-state index < -0.39 is 6.03 Å². The van der Waals surface area contributed by atoms with Crippen molar-refractivity contribution in [2.45, 2.75) is 51.5 Å². The van der Waals surface area contributed by atoms with Crippen molar-refractivity contribution in [2.75, 3.05) is 0 Å². The molecule has 24 heavy (non-hydrogen) atoms. The number of carbonyl (C=O) groups excluding carboxylic acids is 2. The van der Waals surface area contributed by atoms with Crippen LogP contribution >= 0.6 is 0 Å². The van der Waals surface area contributed by atoms with E-state index in [1.807, 2.05) is 13.0 Å². The summed E-state index contributed by atoms with van der Waals surface area (Å²) in [4.78, 5) is 24.6. The first-order valence-electron chi connectivity index (χ1n) is 8.50. The predicted octanol–water partition coefficient (Wildman–Crippen LogP) is 2.90. The first kappa shape index (κ1) is 16.4. The lowest BCUT2D eigenvalue weighted by Gasteiger charge is -2.22. The lowest BCUT2D eigenvalue weighted by Crippen LogP contribution is -2.36. The van der Waals surface area contributed by atoms with Gasteiger partial charge in [-0.05, 0) is 30.9 Å². The molecule has 0 atom stereocenters. The number of fused-ring (bicyclic) bond motifs is 1. The standard InChI is InChI=1S/C18H23N3O3/c1-2-11-7-6-10-13-14(11)15(17(23)21(13)18(19)24)16(22)20-12-8-4-3-5-9-12/h6-7,10,12,23H,2-5,8-9H2,1H3,(H2,19,24)(H,20,22). The minimum Gasteiger partial charge on any atom is -0.494 e. The first-order valence-corrected chi connectivity index (χ1v) is 8.50. The molecule has 0 bridgehead atoms. The fraction of sp³-hybridized carbons (Fsp3) is 0.444. The number of nitrogens with two attached hydrogens (primary N) is 1. The van der Waals surface area contributed by atoms with E-state index >= 15 is 0 Å². The highest BCUT2D eigenvalue weighted by Gasteiger charge is 2.27. The van der Waals surface area contributed by atoms with Crippen molar-refractivity contribution in [2.24, 2.45) is 5.73 Å². The van der Waals surface area contributed by atoms with E-state index in [4.69, 9.17) is 5.73 Å². The Kier molecular flexibility index (Phi) is 4.46. The molecule has 1 aliphatic rings. The third-order valence-corrected chi connectivity index (χ3v) is 4.82. The molecule has 1 aromatic carbocycles. The van der Waals surface area contributed by atoms with Crippen molar-refractivity contribution in [1.29, 1.82) is 0 Å². The van der Waals surface area contributed by atoms with Gasteiger partial charge in [0.15, 0.2) is 0 Å². The third-order valence-electron chi connectivity index (χ3n) is 4.82. The number of rotatable bonds is 3. The van der Waals surface area contributed by atoms with Gasteiger partial charge in [-0.15, -0.1) is 0 Å². The van der Waals surface area contributed by atoms with Gasteiger partial charge in [-0.3, -0.25) is 4.79 Å². The summed E-state index contributed by atoms with van der Waals surface area (Å²) in [5, 5.41) is 14.1. The highest BCUT2D eigenvalue weighted by Crippen LogP contribution is 2.34. The molecule has 2 amide bonds. The average Bonchev–Trinajstić information content (AvgIpc) is 2.87. The minimum absolute atomic E-state index is 0.117. The Morgan fingerprint density at radius 1 is 1.29 bits per heavy atom. The molecule has 1 aromatic heterocycles. The third kappa shape index (κ3) is 2.72. The number of hydrogen-bond donors (Lipinski definition) is 3. The number of amides is 2. The van der Waals surface area contributed by atoms with Gasteiger partial charge in [0.25, 0.3) is 5.91 Å². The second kappa shape index (κ2) is 6.55. The highest BCUT2D eigenvalue weighted by molar-refractivity contribution is 6.13. The molecule has 0 unspecified atom stereocenters. The molecule has 128 valence electrons. The number of primary amides is 1. The zero-order chi connectivity index (χ0) is 17.3. The Morgan fingerprint density at radius 3 is 2.62 bits per heavy atom. The molecule has 0 aliphatic heterocycles. The van der Waals surface area contributed by atoms with Crippen molar-refractivity contribution < 1.29 is 14.7 Å². The number of nitrogens with zero attached hydrogens (tertiary/aromatic N) is 1. The van der Waals surface area contributed by atoms with Gasteiger partial charge in [-0.2, -0.15) is 0 Å². The van der Waals surface area contributed by atoms with E-state index in [-0.39, 0.29) is 23.4 Å². The monoisotopic (exact) mass is 329 g/mol. The quantitative estimate of drug-likeness (QED) is 0.807. The maximum atomic E-state index is 12.8. The van der Waals surface area contributed by atoms with E-state index in [9.17, 15) is 14.7 Å². The van der Waals surface area contributed by atoms with Gasteiger partial charge >= 0.3 is 6.03 Å². The lowest BCUT2D eigenvalue weighted by atomic mass is 9.95. The molecule has 1 aliphatic carbocycles. The second-order valence-electron chi connectivity index (χ2n) is 6.35. The van der Waals surface area contributed by atoms with Gasteiger partial charge in [0, 0.05) is 11.4 Å². The van der Waals surface area contributed by atoms with Crippen LogP contribution in [0.3, 0.4) is 0 Å². The first-order chi connectivity index (χ1) is 11.5. The Labute approximate surface area is 140 Å². The number of hydrogen-bond acceptors (Lipinski definition) is 3. The van der Waals surface area contributed by atoms with Crippen LogP contribution in [0, 0.1) is 0 Å². The van der Waals surface area contributed by atoms with E-state index in [1.165, 1.54) is 6.42 Å². The van der Waals surface area contributed by atoms with E-state index in [2.05, 4.69) is 5.32 Å². The lowest BCUT2D eigenvalue weighted by molar-refractivity contribution is 0.0926. The molecule has 3 rings (SSSR count). The molecular weight excluding hydrogens is 306 g/mol. The van der Waals surface area contributed by atoms with Crippen LogP contribution in [-0.2, 0) is 6.42 Å². The van der Waals surface area contributed by atoms with E-state index in [1.54, 1.807) is 12.1 Å². The van der Waals surface area contributed by atoms with Gasteiger partial charge in [0.1, 0.15) is 5.56 Å². The van der Waals surface area contributed by atoms with Gasteiger partial charge in [-0.1, -0.05) is 38.3 Å². The number of carbonyl (C=O) groups is 2. The summed E-state index contributed by atoms with van der Waals surface area (Å²) in [7, 11) is 0. The predicted molar refractivity (Wildman–Crippen MR) is 92.3 cm³/mol. The number of benzene rings is 1. The zero-order valence-corrected chi connectivity index (χ0v) is 13.8. The summed E-state index contributed by atoms with van der Waals surface area (Å²) in [5.74, 6) is -0.725. The van der Waals surface area contributed by atoms with Crippen LogP contribution in [-0.4, -0.2) is 27.7 Å². The van der Waals surface area contributed by atoms with Crippen LogP contribution in [0.5, 0.6) is 5.88 Å². The summed E-state index contributed by atoms with van der Waals surface area (Å²) < 4.78 is 1.00. The average molecular weight is 329 g/mol. The van der Waals surface area contributed by atoms with Crippen molar-refractivity contribution in [3.05, 3.63) is 29.3 Å². The fourth-order valence-corrected chi connectivity index (χ4v) is 3.64. The zero-order valence-electron chi connectivity index (χ0n) is 13.8. The van der Waals surface area contributed by atoms with Gasteiger partial charge in [0.05, 0.1) is 5.52 Å². The maximum absolute atomic E-state index is 12.8. The normalized spacial score (nSPS) is 15.5. The summed E-state index contributed by atoms with van der Waals surface area (Å²) in [6.45, 7) is 1.97. The van der Waals surface area contributed by atoms with E-state index in [0.29, 0.717) is 17.3 Å². The molecular formula is C18H23N3O3. The smallest absolute Gasteiger partial charge is 0.326 e. The molecule has 6 nitrogen and oxygen atoms in total. The van der Waals surface area contributed by atoms with E-state index in [0.717, 1.165) is 35.8 Å². The van der Waals surface area contributed by atoms with Crippen LogP contribution in [0.15, 0.2) is 18.2 Å². The van der Waals surface area contributed by atoms with Crippen LogP contribution in [0.4, 0.5) is 4.79 Å². The van der Waals surface area contributed by atoms with Crippen molar-refractivity contribution >= 4 is 22.8 Å². The number of nitrogens with one attached hydrogen (secondary N) is 1. The van der Waals surface area contributed by atoms with Crippen LogP contribution in [0.1, 0.15) is 54.9 Å². The number of aryl methyl sites for hydroxylation is 1. The maximum Gasteiger partial charge on any atom is 0.326 e. The molecule has 1 heterocycles.